The molecule has 0 amide bonds. The van der Waals surface area contributed by atoms with Crippen LogP contribution >= 0.6 is 18.1 Å². The van der Waals surface area contributed by atoms with Gasteiger partial charge in [0.15, 0.2) is 0 Å². The van der Waals surface area contributed by atoms with E-state index in [1.807, 2.05) is 30.3 Å². The predicted octanol–water partition coefficient (Wildman–Crippen LogP) is 3.72. The topological polar surface area (TPSA) is 64.6 Å². The quantitative estimate of drug-likeness (QED) is 0.670. The summed E-state index contributed by atoms with van der Waals surface area (Å²) in [5.41, 5.74) is 0. The van der Waals surface area contributed by atoms with Gasteiger partial charge in [-0.2, -0.15) is 0 Å². The van der Waals surface area contributed by atoms with Gasteiger partial charge in [-0.15, -0.1) is 0 Å². The van der Waals surface area contributed by atoms with E-state index >= 15 is 0 Å². The molecule has 0 fully saturated rings. The van der Waals surface area contributed by atoms with Crippen LogP contribution in [0.2, 0.25) is 0 Å². The fraction of sp³-hybridized carbons (Fsp3) is 0.214. The third-order valence-electron chi connectivity index (χ3n) is 2.87. The fourth-order valence-electron chi connectivity index (χ4n) is 1.89. The summed E-state index contributed by atoms with van der Waals surface area (Å²) in [4.78, 5) is 11.3. The number of carbonyl (C=O) groups is 1. The largest absolute Gasteiger partial charge is 0.468 e. The highest BCUT2D eigenvalue weighted by molar-refractivity contribution is 7.84. The van der Waals surface area contributed by atoms with Gasteiger partial charge in [0, 0.05) is 16.6 Å². The summed E-state index contributed by atoms with van der Waals surface area (Å²) >= 11 is 5.88. The normalized spacial score (nSPS) is 15.2. The summed E-state index contributed by atoms with van der Waals surface area (Å²) in [6.45, 7) is -2.23. The van der Waals surface area contributed by atoms with Crippen molar-refractivity contribution in [3.05, 3.63) is 42.5 Å². The molecule has 5 nitrogen and oxygen atoms in total. The van der Waals surface area contributed by atoms with Gasteiger partial charge in [-0.3, -0.25) is 4.79 Å². The van der Waals surface area contributed by atoms with E-state index in [9.17, 15) is 9.36 Å². The van der Waals surface area contributed by atoms with Gasteiger partial charge in [0.05, 0.1) is 7.11 Å². The van der Waals surface area contributed by atoms with Crippen molar-refractivity contribution in [3.63, 3.8) is 0 Å². The molecule has 0 radical (unpaired) electrons. The number of hydrogen-bond donors (Lipinski definition) is 1. The molecule has 2 atom stereocenters. The number of halogens is 1. The first-order valence-corrected chi connectivity index (χ1v) is 8.78. The number of rotatable bonds is 5. The summed E-state index contributed by atoms with van der Waals surface area (Å²) in [6.07, 6.45) is 0. The summed E-state index contributed by atoms with van der Waals surface area (Å²) < 4.78 is 22.2. The number of fused-ring (bicyclic) bond motifs is 1. The fourth-order valence-corrected chi connectivity index (χ4v) is 3.58. The zero-order valence-corrected chi connectivity index (χ0v) is 13.2. The molecule has 0 aromatic heterocycles. The van der Waals surface area contributed by atoms with Gasteiger partial charge in [0.2, 0.25) is 0 Å². The maximum atomic E-state index is 12.3. The smallest absolute Gasteiger partial charge is 0.409 e. The van der Waals surface area contributed by atoms with Crippen molar-refractivity contribution in [2.45, 2.75) is 13.0 Å². The van der Waals surface area contributed by atoms with Crippen LogP contribution in [-0.4, -0.2) is 19.1 Å². The molecule has 21 heavy (non-hydrogen) atoms. The van der Waals surface area contributed by atoms with Crippen molar-refractivity contribution in [1.29, 1.82) is 0 Å². The molecule has 0 heterocycles. The Morgan fingerprint density at radius 1 is 1.24 bits per heavy atom. The van der Waals surface area contributed by atoms with Crippen molar-refractivity contribution < 1.29 is 18.6 Å². The molecule has 1 N–H and O–H groups in total. The zero-order valence-electron chi connectivity index (χ0n) is 11.6. The summed E-state index contributed by atoms with van der Waals surface area (Å²) in [6, 6.07) is 12.0. The highest BCUT2D eigenvalue weighted by Gasteiger charge is 2.28. The second-order valence-electron chi connectivity index (χ2n) is 4.42. The molecule has 0 spiro atoms. The molecule has 0 bridgehead atoms. The van der Waals surface area contributed by atoms with Crippen LogP contribution in [-0.2, 0) is 14.1 Å². The molecule has 2 aromatic carbocycles. The van der Waals surface area contributed by atoms with Gasteiger partial charge in [0.1, 0.15) is 11.8 Å². The summed E-state index contributed by atoms with van der Waals surface area (Å²) in [5, 5.41) is 4.17. The van der Waals surface area contributed by atoms with Crippen LogP contribution in [0.5, 0.6) is 5.75 Å². The minimum absolute atomic E-state index is 0.385. The Morgan fingerprint density at radius 2 is 1.90 bits per heavy atom. The lowest BCUT2D eigenvalue weighted by Crippen LogP contribution is -2.32. The molecule has 7 heteroatoms. The summed E-state index contributed by atoms with van der Waals surface area (Å²) in [5.74, 6) is -0.187. The van der Waals surface area contributed by atoms with Crippen LogP contribution in [0, 0.1) is 0 Å². The SMILES string of the molecule is COC(=O)C(C)NP(=O)(Cl)Oc1cccc2ccccc12. The van der Waals surface area contributed by atoms with Crippen LogP contribution in [0.4, 0.5) is 0 Å². The highest BCUT2D eigenvalue weighted by atomic mass is 35.7. The number of benzene rings is 2. The van der Waals surface area contributed by atoms with E-state index in [4.69, 9.17) is 15.8 Å². The monoisotopic (exact) mass is 327 g/mol. The van der Waals surface area contributed by atoms with E-state index in [0.717, 1.165) is 10.8 Å². The average molecular weight is 328 g/mol. The molecular weight excluding hydrogens is 313 g/mol. The lowest BCUT2D eigenvalue weighted by molar-refractivity contribution is -0.142. The molecule has 0 aliphatic heterocycles. The average Bonchev–Trinajstić information content (AvgIpc) is 2.46. The molecule has 0 aliphatic carbocycles. The maximum Gasteiger partial charge on any atom is 0.409 e. The Balaban J connectivity index is 2.23. The van der Waals surface area contributed by atoms with Crippen molar-refractivity contribution in [3.8, 4) is 5.75 Å². The van der Waals surface area contributed by atoms with Gasteiger partial charge >= 0.3 is 12.8 Å². The van der Waals surface area contributed by atoms with E-state index < -0.39 is 18.9 Å². The first-order chi connectivity index (χ1) is 9.93. The molecule has 2 unspecified atom stereocenters. The van der Waals surface area contributed by atoms with Gasteiger partial charge in [-0.25, -0.2) is 9.65 Å². The van der Waals surface area contributed by atoms with Gasteiger partial charge < -0.3 is 9.26 Å². The van der Waals surface area contributed by atoms with Crippen molar-refractivity contribution in [2.75, 3.05) is 7.11 Å². The standard InChI is InChI=1S/C14H15ClNO4P/c1-10(14(17)19-2)16-21(15,18)20-13-9-5-7-11-6-3-4-8-12(11)13/h3-10H,1-2H3,(H,16,18). The Bertz CT molecular complexity index is 701. The van der Waals surface area contributed by atoms with Gasteiger partial charge in [0.25, 0.3) is 0 Å². The summed E-state index contributed by atoms with van der Waals surface area (Å²) in [7, 11) is 1.24. The zero-order chi connectivity index (χ0) is 15.5. The van der Waals surface area contributed by atoms with E-state index in [-0.39, 0.29) is 0 Å². The van der Waals surface area contributed by atoms with Crippen molar-refractivity contribution in [1.82, 2.24) is 5.09 Å². The van der Waals surface area contributed by atoms with Crippen molar-refractivity contribution >= 4 is 34.9 Å². The van der Waals surface area contributed by atoms with Gasteiger partial charge in [-0.1, -0.05) is 36.4 Å². The number of methoxy groups -OCH3 is 1. The highest BCUT2D eigenvalue weighted by Crippen LogP contribution is 2.49. The van der Waals surface area contributed by atoms with Crippen LogP contribution in [0.25, 0.3) is 10.8 Å². The van der Waals surface area contributed by atoms with Crippen LogP contribution in [0.15, 0.2) is 42.5 Å². The van der Waals surface area contributed by atoms with Crippen LogP contribution < -0.4 is 9.61 Å². The lowest BCUT2D eigenvalue weighted by Gasteiger charge is -2.18. The molecule has 112 valence electrons. The number of carbonyl (C=O) groups excluding carboxylic acids is 1. The minimum Gasteiger partial charge on any atom is -0.468 e. The van der Waals surface area contributed by atoms with E-state index in [1.165, 1.54) is 14.0 Å². The molecule has 2 aromatic rings. The third-order valence-corrected chi connectivity index (χ3v) is 4.50. The molecule has 0 saturated carbocycles. The van der Waals surface area contributed by atoms with E-state index in [1.54, 1.807) is 12.1 Å². The predicted molar refractivity (Wildman–Crippen MR) is 82.6 cm³/mol. The van der Waals surface area contributed by atoms with Gasteiger partial charge in [-0.05, 0) is 18.4 Å². The van der Waals surface area contributed by atoms with E-state index in [2.05, 4.69) is 9.82 Å². The van der Waals surface area contributed by atoms with E-state index in [0.29, 0.717) is 5.75 Å². The lowest BCUT2D eigenvalue weighted by atomic mass is 10.1. The third kappa shape index (κ3) is 3.97. The van der Waals surface area contributed by atoms with Crippen molar-refractivity contribution in [2.24, 2.45) is 0 Å². The second-order valence-corrected chi connectivity index (χ2v) is 7.16. The Hall–Kier alpha value is -1.55. The minimum atomic E-state index is -3.72. The number of ether oxygens (including phenoxy) is 1. The molecule has 0 saturated heterocycles. The Morgan fingerprint density at radius 3 is 2.62 bits per heavy atom. The molecule has 2 rings (SSSR count). The Labute approximate surface area is 127 Å². The molecule has 0 aliphatic rings. The number of hydrogen-bond acceptors (Lipinski definition) is 4. The van der Waals surface area contributed by atoms with Crippen LogP contribution in [0.3, 0.4) is 0 Å². The maximum absolute atomic E-state index is 12.3. The van der Waals surface area contributed by atoms with Crippen LogP contribution in [0.1, 0.15) is 6.92 Å². The number of esters is 1. The Kier molecular flexibility index (Phi) is 4.88. The molecular formula is C14H15ClNO4P. The first-order valence-electron chi connectivity index (χ1n) is 6.25. The first kappa shape index (κ1) is 15.8. The second kappa shape index (κ2) is 6.48. The number of nitrogens with one attached hydrogen (secondary N) is 1.